The van der Waals surface area contributed by atoms with E-state index in [4.69, 9.17) is 11.5 Å². The van der Waals surface area contributed by atoms with Crippen molar-refractivity contribution in [2.45, 2.75) is 0 Å². The summed E-state index contributed by atoms with van der Waals surface area (Å²) in [4.78, 5) is 8.13. The van der Waals surface area contributed by atoms with Crippen molar-refractivity contribution in [3.8, 4) is 22.3 Å². The van der Waals surface area contributed by atoms with Crippen LogP contribution in [0.4, 0.5) is 11.5 Å². The molecule has 98 valence electrons. The summed E-state index contributed by atoms with van der Waals surface area (Å²) in [6.45, 7) is 0. The van der Waals surface area contributed by atoms with Crippen molar-refractivity contribution in [1.82, 2.24) is 9.97 Å². The summed E-state index contributed by atoms with van der Waals surface area (Å²) in [5.74, 6) is 0.356. The molecule has 4 nitrogen and oxygen atoms in total. The van der Waals surface area contributed by atoms with Crippen molar-refractivity contribution in [3.63, 3.8) is 0 Å². The zero-order chi connectivity index (χ0) is 13.9. The Kier molecular flexibility index (Phi) is 3.05. The molecule has 0 unspecified atom stereocenters. The Morgan fingerprint density at radius 2 is 1.60 bits per heavy atom. The Hall–Kier alpha value is -2.88. The summed E-state index contributed by atoms with van der Waals surface area (Å²) in [7, 11) is 0. The van der Waals surface area contributed by atoms with Crippen LogP contribution < -0.4 is 11.5 Å². The lowest BCUT2D eigenvalue weighted by atomic mass is 9.99. The van der Waals surface area contributed by atoms with Gasteiger partial charge in [0.05, 0.1) is 5.69 Å². The third-order valence-corrected chi connectivity index (χ3v) is 3.19. The van der Waals surface area contributed by atoms with Gasteiger partial charge < -0.3 is 11.5 Å². The van der Waals surface area contributed by atoms with Crippen LogP contribution in [0.5, 0.6) is 0 Å². The molecular formula is C16H14N4. The fourth-order valence-corrected chi connectivity index (χ4v) is 2.14. The standard InChI is InChI=1S/C16H14N4/c17-15-14(6-8-20-16(15)18)12-4-1-3-11(9-12)13-5-2-7-19-10-13/h1-10H,17H2,(H2,18,20). The van der Waals surface area contributed by atoms with E-state index >= 15 is 0 Å². The molecule has 4 N–H and O–H groups in total. The highest BCUT2D eigenvalue weighted by Gasteiger charge is 2.07. The van der Waals surface area contributed by atoms with E-state index in [0.29, 0.717) is 11.5 Å². The van der Waals surface area contributed by atoms with Crippen molar-refractivity contribution >= 4 is 11.5 Å². The lowest BCUT2D eigenvalue weighted by molar-refractivity contribution is 1.33. The Balaban J connectivity index is 2.10. The molecular weight excluding hydrogens is 248 g/mol. The second-order valence-corrected chi connectivity index (χ2v) is 4.48. The van der Waals surface area contributed by atoms with Crippen LogP contribution in [0, 0.1) is 0 Å². The van der Waals surface area contributed by atoms with Gasteiger partial charge in [-0.1, -0.05) is 24.3 Å². The predicted octanol–water partition coefficient (Wildman–Crippen LogP) is 2.97. The molecule has 0 saturated heterocycles. The van der Waals surface area contributed by atoms with Crippen molar-refractivity contribution in [3.05, 3.63) is 61.1 Å². The molecule has 0 bridgehead atoms. The normalized spacial score (nSPS) is 10.4. The molecule has 0 aliphatic rings. The zero-order valence-corrected chi connectivity index (χ0v) is 10.8. The highest BCUT2D eigenvalue weighted by molar-refractivity contribution is 5.84. The molecule has 2 heterocycles. The van der Waals surface area contributed by atoms with Crippen molar-refractivity contribution in [2.24, 2.45) is 0 Å². The first-order valence-electron chi connectivity index (χ1n) is 6.26. The third-order valence-electron chi connectivity index (χ3n) is 3.19. The van der Waals surface area contributed by atoms with Crippen LogP contribution in [-0.4, -0.2) is 9.97 Å². The number of pyridine rings is 2. The molecule has 0 atom stereocenters. The number of hydrogen-bond donors (Lipinski definition) is 2. The fourth-order valence-electron chi connectivity index (χ4n) is 2.14. The van der Waals surface area contributed by atoms with Crippen molar-refractivity contribution in [1.29, 1.82) is 0 Å². The molecule has 1 aromatic carbocycles. The van der Waals surface area contributed by atoms with Crippen LogP contribution in [0.25, 0.3) is 22.3 Å². The summed E-state index contributed by atoms with van der Waals surface area (Å²) in [5.41, 5.74) is 16.3. The average molecular weight is 262 g/mol. The van der Waals surface area contributed by atoms with E-state index in [1.807, 2.05) is 42.6 Å². The van der Waals surface area contributed by atoms with Gasteiger partial charge >= 0.3 is 0 Å². The molecule has 0 radical (unpaired) electrons. The predicted molar refractivity (Wildman–Crippen MR) is 81.7 cm³/mol. The molecule has 0 aliphatic heterocycles. The minimum Gasteiger partial charge on any atom is -0.395 e. The Morgan fingerprint density at radius 1 is 0.800 bits per heavy atom. The van der Waals surface area contributed by atoms with E-state index < -0.39 is 0 Å². The maximum absolute atomic E-state index is 6.00. The number of anilines is 2. The quantitative estimate of drug-likeness (QED) is 0.744. The van der Waals surface area contributed by atoms with Gasteiger partial charge in [0.15, 0.2) is 0 Å². The first-order chi connectivity index (χ1) is 9.75. The SMILES string of the molecule is Nc1nccc(-c2cccc(-c3cccnc3)c2)c1N. The number of nitrogens with two attached hydrogens (primary N) is 2. The van der Waals surface area contributed by atoms with Crippen LogP contribution >= 0.6 is 0 Å². The first-order valence-corrected chi connectivity index (χ1v) is 6.26. The summed E-state index contributed by atoms with van der Waals surface area (Å²) in [6.07, 6.45) is 5.26. The molecule has 0 spiro atoms. The van der Waals surface area contributed by atoms with Gasteiger partial charge in [0, 0.05) is 29.7 Å². The third kappa shape index (κ3) is 2.19. The van der Waals surface area contributed by atoms with Gasteiger partial charge in [-0.2, -0.15) is 0 Å². The van der Waals surface area contributed by atoms with Crippen LogP contribution in [0.1, 0.15) is 0 Å². The van der Waals surface area contributed by atoms with Gasteiger partial charge in [0.1, 0.15) is 5.82 Å². The minimum absolute atomic E-state index is 0.356. The minimum atomic E-state index is 0.356. The molecule has 3 aromatic rings. The van der Waals surface area contributed by atoms with Crippen molar-refractivity contribution < 1.29 is 0 Å². The summed E-state index contributed by atoms with van der Waals surface area (Å²) >= 11 is 0. The zero-order valence-electron chi connectivity index (χ0n) is 10.8. The lowest BCUT2D eigenvalue weighted by Crippen LogP contribution is -1.99. The molecule has 20 heavy (non-hydrogen) atoms. The Bertz CT molecular complexity index is 738. The molecule has 2 aromatic heterocycles. The second-order valence-electron chi connectivity index (χ2n) is 4.48. The van der Waals surface area contributed by atoms with E-state index in [0.717, 1.165) is 22.3 Å². The highest BCUT2D eigenvalue weighted by Crippen LogP contribution is 2.31. The van der Waals surface area contributed by atoms with Gasteiger partial charge in [-0.15, -0.1) is 0 Å². The second kappa shape index (κ2) is 5.01. The molecule has 3 rings (SSSR count). The number of nitrogen functional groups attached to an aromatic ring is 2. The summed E-state index contributed by atoms with van der Waals surface area (Å²) in [5, 5.41) is 0. The topological polar surface area (TPSA) is 77.8 Å². The highest BCUT2D eigenvalue weighted by atomic mass is 14.9. The van der Waals surface area contributed by atoms with E-state index in [9.17, 15) is 0 Å². The Morgan fingerprint density at radius 3 is 2.40 bits per heavy atom. The van der Waals surface area contributed by atoms with Crippen LogP contribution in [0.15, 0.2) is 61.1 Å². The number of hydrogen-bond acceptors (Lipinski definition) is 4. The molecule has 0 saturated carbocycles. The Labute approximate surface area is 117 Å². The lowest BCUT2D eigenvalue weighted by Gasteiger charge is -2.09. The molecule has 0 fully saturated rings. The van der Waals surface area contributed by atoms with Gasteiger partial charge in [0.25, 0.3) is 0 Å². The van der Waals surface area contributed by atoms with E-state index in [-0.39, 0.29) is 0 Å². The van der Waals surface area contributed by atoms with E-state index in [2.05, 4.69) is 16.0 Å². The van der Waals surface area contributed by atoms with Crippen LogP contribution in [0.3, 0.4) is 0 Å². The number of benzene rings is 1. The smallest absolute Gasteiger partial charge is 0.147 e. The molecule has 0 amide bonds. The first kappa shape index (κ1) is 12.2. The fraction of sp³-hybridized carbons (Fsp3) is 0. The van der Waals surface area contributed by atoms with Crippen LogP contribution in [-0.2, 0) is 0 Å². The maximum Gasteiger partial charge on any atom is 0.147 e. The monoisotopic (exact) mass is 262 g/mol. The van der Waals surface area contributed by atoms with E-state index in [1.165, 1.54) is 0 Å². The average Bonchev–Trinajstić information content (AvgIpc) is 2.51. The van der Waals surface area contributed by atoms with Gasteiger partial charge in [-0.3, -0.25) is 4.98 Å². The van der Waals surface area contributed by atoms with Gasteiger partial charge in [0.2, 0.25) is 0 Å². The summed E-state index contributed by atoms with van der Waals surface area (Å²) in [6, 6.07) is 13.9. The molecule has 0 aliphatic carbocycles. The van der Waals surface area contributed by atoms with Gasteiger partial charge in [-0.25, -0.2) is 4.98 Å². The number of aromatic nitrogens is 2. The molecule has 4 heteroatoms. The largest absolute Gasteiger partial charge is 0.395 e. The number of rotatable bonds is 2. The number of nitrogens with zero attached hydrogens (tertiary/aromatic N) is 2. The van der Waals surface area contributed by atoms with Crippen LogP contribution in [0.2, 0.25) is 0 Å². The van der Waals surface area contributed by atoms with Crippen molar-refractivity contribution in [2.75, 3.05) is 11.5 Å². The summed E-state index contributed by atoms with van der Waals surface area (Å²) < 4.78 is 0. The maximum atomic E-state index is 6.00. The van der Waals surface area contributed by atoms with E-state index in [1.54, 1.807) is 12.4 Å². The van der Waals surface area contributed by atoms with Gasteiger partial charge in [-0.05, 0) is 29.3 Å².